The lowest BCUT2D eigenvalue weighted by Gasteiger charge is -2.09. The Labute approximate surface area is 133 Å². The molecule has 0 aliphatic heterocycles. The van der Waals surface area contributed by atoms with Crippen molar-refractivity contribution in [3.8, 4) is 5.75 Å². The maximum atomic E-state index is 10.6. The van der Waals surface area contributed by atoms with Crippen molar-refractivity contribution in [1.82, 2.24) is 0 Å². The molecule has 2 rings (SSSR count). The predicted molar refractivity (Wildman–Crippen MR) is 83.2 cm³/mol. The average molecular weight is 325 g/mol. The summed E-state index contributed by atoms with van der Waals surface area (Å²) in [5, 5.41) is 9.85. The van der Waals surface area contributed by atoms with Gasteiger partial charge < -0.3 is 9.84 Å². The third-order valence-electron chi connectivity index (χ3n) is 2.93. The van der Waals surface area contributed by atoms with Crippen LogP contribution in [0.2, 0.25) is 10.0 Å². The molecule has 0 fully saturated rings. The molecule has 0 bridgehead atoms. The molecule has 2 aromatic rings. The minimum absolute atomic E-state index is 0.0580. The Morgan fingerprint density at radius 1 is 1.14 bits per heavy atom. The van der Waals surface area contributed by atoms with Crippen LogP contribution < -0.4 is 4.74 Å². The van der Waals surface area contributed by atoms with Gasteiger partial charge in [-0.2, -0.15) is 0 Å². The van der Waals surface area contributed by atoms with Crippen molar-refractivity contribution in [2.75, 3.05) is 0 Å². The van der Waals surface area contributed by atoms with E-state index in [-0.39, 0.29) is 6.42 Å². The summed E-state index contributed by atoms with van der Waals surface area (Å²) in [7, 11) is 0. The summed E-state index contributed by atoms with van der Waals surface area (Å²) in [5.74, 6) is -0.202. The normalized spacial score (nSPS) is 10.4. The van der Waals surface area contributed by atoms with Crippen LogP contribution in [0.5, 0.6) is 5.75 Å². The number of rotatable bonds is 6. The molecule has 21 heavy (non-hydrogen) atoms. The first-order chi connectivity index (χ1) is 10.0. The third kappa shape index (κ3) is 4.96. The fourth-order valence-electron chi connectivity index (χ4n) is 1.86. The summed E-state index contributed by atoms with van der Waals surface area (Å²) in [6.45, 7) is 0.394. The molecule has 1 N–H and O–H groups in total. The van der Waals surface area contributed by atoms with Crippen LogP contribution in [-0.2, 0) is 17.8 Å². The number of carbonyl (C=O) groups is 1. The summed E-state index contributed by atoms with van der Waals surface area (Å²) < 4.78 is 5.65. The molecule has 0 aliphatic rings. The van der Waals surface area contributed by atoms with E-state index >= 15 is 0 Å². The molecule has 0 radical (unpaired) electrons. The van der Waals surface area contributed by atoms with Crippen LogP contribution in [0.4, 0.5) is 0 Å². The zero-order chi connectivity index (χ0) is 15.2. The molecule has 110 valence electrons. The predicted octanol–water partition coefficient (Wildman–Crippen LogP) is 4.59. The van der Waals surface area contributed by atoms with E-state index in [1.54, 1.807) is 24.3 Å². The average Bonchev–Trinajstić information content (AvgIpc) is 2.44. The standard InChI is InChI=1S/C16H14Cl2O3/c17-13-3-1-2-11(8-13)10-21-14-6-4-12(15(18)9-14)5-7-16(19)20/h1-4,6,8-9H,5,7,10H2,(H,19,20). The molecular weight excluding hydrogens is 311 g/mol. The van der Waals surface area contributed by atoms with Crippen molar-refractivity contribution < 1.29 is 14.6 Å². The van der Waals surface area contributed by atoms with Crippen molar-refractivity contribution in [2.24, 2.45) is 0 Å². The van der Waals surface area contributed by atoms with E-state index < -0.39 is 5.97 Å². The molecule has 0 saturated heterocycles. The first-order valence-corrected chi connectivity index (χ1v) is 7.17. The molecule has 0 aromatic heterocycles. The second-order valence-corrected chi connectivity index (χ2v) is 5.41. The maximum absolute atomic E-state index is 10.6. The summed E-state index contributed by atoms with van der Waals surface area (Å²) in [5.41, 5.74) is 1.77. The zero-order valence-electron chi connectivity index (χ0n) is 11.2. The van der Waals surface area contributed by atoms with E-state index in [9.17, 15) is 4.79 Å². The molecule has 0 unspecified atom stereocenters. The largest absolute Gasteiger partial charge is 0.489 e. The van der Waals surface area contributed by atoms with Gasteiger partial charge in [0.2, 0.25) is 0 Å². The van der Waals surface area contributed by atoms with Crippen molar-refractivity contribution in [3.05, 3.63) is 63.6 Å². The SMILES string of the molecule is O=C(O)CCc1ccc(OCc2cccc(Cl)c2)cc1Cl. The van der Waals surface area contributed by atoms with Crippen LogP contribution >= 0.6 is 23.2 Å². The molecule has 2 aromatic carbocycles. The molecule has 0 atom stereocenters. The van der Waals surface area contributed by atoms with Gasteiger partial charge in [-0.25, -0.2) is 0 Å². The number of benzene rings is 2. The van der Waals surface area contributed by atoms with E-state index in [0.29, 0.717) is 28.8 Å². The lowest BCUT2D eigenvalue weighted by atomic mass is 10.1. The molecule has 0 aliphatic carbocycles. The number of aliphatic carboxylic acids is 1. The number of aryl methyl sites for hydroxylation is 1. The number of halogens is 2. The van der Waals surface area contributed by atoms with Crippen LogP contribution in [-0.4, -0.2) is 11.1 Å². The molecule has 0 amide bonds. The van der Waals surface area contributed by atoms with Gasteiger partial charge in [-0.15, -0.1) is 0 Å². The monoisotopic (exact) mass is 324 g/mol. The van der Waals surface area contributed by atoms with E-state index in [1.165, 1.54) is 0 Å². The number of hydrogen-bond acceptors (Lipinski definition) is 2. The van der Waals surface area contributed by atoms with E-state index in [0.717, 1.165) is 11.1 Å². The van der Waals surface area contributed by atoms with Crippen molar-refractivity contribution in [2.45, 2.75) is 19.4 Å². The number of carboxylic acids is 1. The Hall–Kier alpha value is -1.71. The first-order valence-electron chi connectivity index (χ1n) is 6.42. The molecule has 0 saturated carbocycles. The van der Waals surface area contributed by atoms with Gasteiger partial charge in [0.15, 0.2) is 0 Å². The Morgan fingerprint density at radius 3 is 2.62 bits per heavy atom. The Bertz CT molecular complexity index is 641. The lowest BCUT2D eigenvalue weighted by molar-refractivity contribution is -0.136. The molecule has 0 spiro atoms. The Kier molecular flexibility index (Phi) is 5.48. The van der Waals surface area contributed by atoms with Gasteiger partial charge in [-0.3, -0.25) is 4.79 Å². The summed E-state index contributed by atoms with van der Waals surface area (Å²) in [6, 6.07) is 12.7. The van der Waals surface area contributed by atoms with Crippen molar-refractivity contribution in [3.63, 3.8) is 0 Å². The topological polar surface area (TPSA) is 46.5 Å². The van der Waals surface area contributed by atoms with Crippen LogP contribution in [0.25, 0.3) is 0 Å². The zero-order valence-corrected chi connectivity index (χ0v) is 12.7. The van der Waals surface area contributed by atoms with Gasteiger partial charge in [0.25, 0.3) is 0 Å². The summed E-state index contributed by atoms with van der Waals surface area (Å²) in [6.07, 6.45) is 0.463. The number of hydrogen-bond donors (Lipinski definition) is 1. The quantitative estimate of drug-likeness (QED) is 0.845. The van der Waals surface area contributed by atoms with E-state index in [1.807, 2.05) is 18.2 Å². The molecule has 5 heteroatoms. The molecular formula is C16H14Cl2O3. The van der Waals surface area contributed by atoms with Gasteiger partial charge >= 0.3 is 5.97 Å². The highest BCUT2D eigenvalue weighted by atomic mass is 35.5. The smallest absolute Gasteiger partial charge is 0.303 e. The fraction of sp³-hybridized carbons (Fsp3) is 0.188. The number of carboxylic acid groups (broad SMARTS) is 1. The Balaban J connectivity index is 1.98. The highest BCUT2D eigenvalue weighted by molar-refractivity contribution is 6.31. The van der Waals surface area contributed by atoms with Crippen molar-refractivity contribution >= 4 is 29.2 Å². The minimum atomic E-state index is -0.840. The lowest BCUT2D eigenvalue weighted by Crippen LogP contribution is -1.99. The second kappa shape index (κ2) is 7.34. The third-order valence-corrected chi connectivity index (χ3v) is 3.51. The number of ether oxygens (including phenoxy) is 1. The highest BCUT2D eigenvalue weighted by Gasteiger charge is 2.06. The molecule has 0 heterocycles. The van der Waals surface area contributed by atoms with Gasteiger partial charge in [0, 0.05) is 16.5 Å². The van der Waals surface area contributed by atoms with Crippen molar-refractivity contribution in [1.29, 1.82) is 0 Å². The second-order valence-electron chi connectivity index (χ2n) is 4.57. The van der Waals surface area contributed by atoms with Crippen LogP contribution in [0, 0.1) is 0 Å². The highest BCUT2D eigenvalue weighted by Crippen LogP contribution is 2.24. The minimum Gasteiger partial charge on any atom is -0.489 e. The Morgan fingerprint density at radius 2 is 1.95 bits per heavy atom. The summed E-state index contributed by atoms with van der Waals surface area (Å²) >= 11 is 12.0. The van der Waals surface area contributed by atoms with Gasteiger partial charge in [-0.05, 0) is 41.8 Å². The van der Waals surface area contributed by atoms with Crippen LogP contribution in [0.1, 0.15) is 17.5 Å². The van der Waals surface area contributed by atoms with Gasteiger partial charge in [0.1, 0.15) is 12.4 Å². The van der Waals surface area contributed by atoms with Crippen LogP contribution in [0.15, 0.2) is 42.5 Å². The summed E-state index contributed by atoms with van der Waals surface area (Å²) in [4.78, 5) is 10.6. The maximum Gasteiger partial charge on any atom is 0.303 e. The first kappa shape index (κ1) is 15.7. The van der Waals surface area contributed by atoms with E-state index in [4.69, 9.17) is 33.0 Å². The molecule has 3 nitrogen and oxygen atoms in total. The van der Waals surface area contributed by atoms with Gasteiger partial charge in [0.05, 0.1) is 0 Å². The van der Waals surface area contributed by atoms with Gasteiger partial charge in [-0.1, -0.05) is 41.4 Å². The van der Waals surface area contributed by atoms with Crippen LogP contribution in [0.3, 0.4) is 0 Å². The fourth-order valence-corrected chi connectivity index (χ4v) is 2.33. The van der Waals surface area contributed by atoms with E-state index in [2.05, 4.69) is 0 Å².